The molecule has 1 N–H and O–H groups in total. The van der Waals surface area contributed by atoms with E-state index in [1.54, 1.807) is 18.0 Å². The Morgan fingerprint density at radius 3 is 3.07 bits per heavy atom. The normalized spacial score (nSPS) is 25.3. The molecular weight excluding hydrogens is 212 g/mol. The maximum absolute atomic E-state index is 11.0. The second-order valence-electron chi connectivity index (χ2n) is 3.58. The molecule has 4 nitrogen and oxygen atoms in total. The maximum Gasteiger partial charge on any atom is 0.307 e. The first-order valence-corrected chi connectivity index (χ1v) is 5.81. The molecule has 1 aliphatic carbocycles. The predicted molar refractivity (Wildman–Crippen MR) is 56.7 cm³/mol. The van der Waals surface area contributed by atoms with Crippen LogP contribution in [0.25, 0.3) is 0 Å². The lowest BCUT2D eigenvalue weighted by atomic mass is 10.1. The highest BCUT2D eigenvalue weighted by atomic mass is 32.2. The third kappa shape index (κ3) is 2.47. The highest BCUT2D eigenvalue weighted by Gasteiger charge is 2.33. The van der Waals surface area contributed by atoms with Gasteiger partial charge in [0, 0.05) is 11.4 Å². The average molecular weight is 224 g/mol. The zero-order valence-electron chi connectivity index (χ0n) is 8.17. The van der Waals surface area contributed by atoms with Crippen LogP contribution in [0.2, 0.25) is 0 Å². The van der Waals surface area contributed by atoms with Gasteiger partial charge in [-0.05, 0) is 18.9 Å². The topological polar surface area (TPSA) is 63.1 Å². The summed E-state index contributed by atoms with van der Waals surface area (Å²) in [5.74, 6) is -0.899. The first kappa shape index (κ1) is 10.4. The van der Waals surface area contributed by atoms with E-state index in [1.165, 1.54) is 6.33 Å². The third-order valence-electron chi connectivity index (χ3n) is 2.60. The van der Waals surface area contributed by atoms with E-state index in [1.807, 2.05) is 6.07 Å². The molecule has 1 aromatic heterocycles. The molecule has 15 heavy (non-hydrogen) atoms. The van der Waals surface area contributed by atoms with Crippen LogP contribution in [0.1, 0.15) is 19.3 Å². The van der Waals surface area contributed by atoms with Crippen LogP contribution in [0.3, 0.4) is 0 Å². The molecule has 2 unspecified atom stereocenters. The fraction of sp³-hybridized carbons (Fsp3) is 0.500. The predicted octanol–water partition coefficient (Wildman–Crippen LogP) is 1.82. The molecule has 1 fully saturated rings. The summed E-state index contributed by atoms with van der Waals surface area (Å²) in [6.07, 6.45) is 5.93. The Hall–Kier alpha value is -1.10. The fourth-order valence-electron chi connectivity index (χ4n) is 1.85. The molecule has 5 heteroatoms. The van der Waals surface area contributed by atoms with Gasteiger partial charge >= 0.3 is 5.97 Å². The minimum absolute atomic E-state index is 0.164. The molecule has 0 amide bonds. The van der Waals surface area contributed by atoms with E-state index in [0.29, 0.717) is 0 Å². The Balaban J connectivity index is 2.03. The molecule has 0 aliphatic heterocycles. The molecule has 0 aromatic carbocycles. The van der Waals surface area contributed by atoms with Crippen LogP contribution in [0.4, 0.5) is 0 Å². The van der Waals surface area contributed by atoms with Gasteiger partial charge in [0.25, 0.3) is 0 Å². The number of aromatic nitrogens is 2. The lowest BCUT2D eigenvalue weighted by Crippen LogP contribution is -2.20. The van der Waals surface area contributed by atoms with E-state index in [4.69, 9.17) is 5.11 Å². The molecule has 2 atom stereocenters. The van der Waals surface area contributed by atoms with Crippen LogP contribution < -0.4 is 0 Å². The Bertz CT molecular complexity index is 345. The first-order chi connectivity index (χ1) is 7.27. The first-order valence-electron chi connectivity index (χ1n) is 4.93. The van der Waals surface area contributed by atoms with Gasteiger partial charge in [0.05, 0.1) is 10.9 Å². The zero-order chi connectivity index (χ0) is 10.7. The van der Waals surface area contributed by atoms with Crippen LogP contribution in [0, 0.1) is 5.92 Å². The Labute approximate surface area is 92.1 Å². The molecule has 80 valence electrons. The maximum atomic E-state index is 11.0. The van der Waals surface area contributed by atoms with E-state index in [2.05, 4.69) is 9.97 Å². The fourth-order valence-corrected chi connectivity index (χ4v) is 3.11. The molecule has 0 bridgehead atoms. The van der Waals surface area contributed by atoms with Crippen molar-refractivity contribution in [3.05, 3.63) is 18.6 Å². The highest BCUT2D eigenvalue weighted by molar-refractivity contribution is 7.99. The summed E-state index contributed by atoms with van der Waals surface area (Å²) < 4.78 is 0. The highest BCUT2D eigenvalue weighted by Crippen LogP contribution is 2.38. The van der Waals surface area contributed by atoms with Crippen molar-refractivity contribution in [2.75, 3.05) is 0 Å². The van der Waals surface area contributed by atoms with Gasteiger partial charge in [-0.1, -0.05) is 6.42 Å². The molecule has 0 spiro atoms. The summed E-state index contributed by atoms with van der Waals surface area (Å²) in [7, 11) is 0. The standard InChI is InChI=1S/C10H12N2O2S/c13-10(14)7-2-1-3-8(7)15-9-4-5-11-6-12-9/h4-8H,1-3H2,(H,13,14). The van der Waals surface area contributed by atoms with Crippen LogP contribution in [0.15, 0.2) is 23.6 Å². The van der Waals surface area contributed by atoms with E-state index >= 15 is 0 Å². The van der Waals surface area contributed by atoms with Gasteiger partial charge in [-0.25, -0.2) is 9.97 Å². The number of hydrogen-bond acceptors (Lipinski definition) is 4. The van der Waals surface area contributed by atoms with Crippen LogP contribution >= 0.6 is 11.8 Å². The number of aliphatic carboxylic acids is 1. The van der Waals surface area contributed by atoms with Gasteiger partial charge in [0.1, 0.15) is 6.33 Å². The Kier molecular flexibility index (Phi) is 3.20. The molecular formula is C10H12N2O2S. The molecule has 0 radical (unpaired) electrons. The van der Waals surface area contributed by atoms with E-state index < -0.39 is 5.97 Å². The summed E-state index contributed by atoms with van der Waals surface area (Å²) in [5.41, 5.74) is 0. The van der Waals surface area contributed by atoms with Crippen molar-refractivity contribution >= 4 is 17.7 Å². The van der Waals surface area contributed by atoms with Gasteiger partial charge < -0.3 is 5.11 Å². The van der Waals surface area contributed by atoms with Crippen LogP contribution in [-0.4, -0.2) is 26.3 Å². The second-order valence-corrected chi connectivity index (χ2v) is 4.84. The van der Waals surface area contributed by atoms with Crippen molar-refractivity contribution in [2.24, 2.45) is 5.92 Å². The summed E-state index contributed by atoms with van der Waals surface area (Å²) >= 11 is 1.56. The molecule has 2 rings (SSSR count). The van der Waals surface area contributed by atoms with Gasteiger partial charge in [0.2, 0.25) is 0 Å². The second kappa shape index (κ2) is 4.61. The summed E-state index contributed by atoms with van der Waals surface area (Å²) in [6, 6.07) is 1.82. The van der Waals surface area contributed by atoms with Crippen molar-refractivity contribution in [2.45, 2.75) is 29.5 Å². The molecule has 1 saturated carbocycles. The lowest BCUT2D eigenvalue weighted by Gasteiger charge is -2.13. The van der Waals surface area contributed by atoms with Crippen molar-refractivity contribution < 1.29 is 9.90 Å². The summed E-state index contributed by atoms with van der Waals surface area (Å²) in [6.45, 7) is 0. The third-order valence-corrected chi connectivity index (χ3v) is 3.95. The van der Waals surface area contributed by atoms with Crippen molar-refractivity contribution in [3.8, 4) is 0 Å². The zero-order valence-corrected chi connectivity index (χ0v) is 8.98. The molecule has 1 heterocycles. The SMILES string of the molecule is O=C(O)C1CCCC1Sc1ccncn1. The lowest BCUT2D eigenvalue weighted by molar-refractivity contribution is -0.141. The van der Waals surface area contributed by atoms with Crippen molar-refractivity contribution in [1.29, 1.82) is 0 Å². The minimum atomic E-state index is -0.681. The van der Waals surface area contributed by atoms with Gasteiger partial charge in [-0.2, -0.15) is 0 Å². The van der Waals surface area contributed by atoms with E-state index in [-0.39, 0.29) is 11.2 Å². The number of carbonyl (C=O) groups is 1. The van der Waals surface area contributed by atoms with Crippen LogP contribution in [-0.2, 0) is 4.79 Å². The van der Waals surface area contributed by atoms with Crippen molar-refractivity contribution in [1.82, 2.24) is 9.97 Å². The number of rotatable bonds is 3. The van der Waals surface area contributed by atoms with E-state index in [0.717, 1.165) is 24.3 Å². The van der Waals surface area contributed by atoms with Gasteiger partial charge in [-0.15, -0.1) is 11.8 Å². The smallest absolute Gasteiger partial charge is 0.307 e. The number of carboxylic acids is 1. The van der Waals surface area contributed by atoms with Crippen molar-refractivity contribution in [3.63, 3.8) is 0 Å². The monoisotopic (exact) mass is 224 g/mol. The largest absolute Gasteiger partial charge is 0.481 e. The minimum Gasteiger partial charge on any atom is -0.481 e. The average Bonchev–Trinajstić information content (AvgIpc) is 2.67. The Morgan fingerprint density at radius 1 is 1.53 bits per heavy atom. The molecule has 1 aliphatic rings. The molecule has 0 saturated heterocycles. The summed E-state index contributed by atoms with van der Waals surface area (Å²) in [4.78, 5) is 18.9. The van der Waals surface area contributed by atoms with E-state index in [9.17, 15) is 4.79 Å². The van der Waals surface area contributed by atoms with Gasteiger partial charge in [-0.3, -0.25) is 4.79 Å². The number of carboxylic acid groups (broad SMARTS) is 1. The molecule has 1 aromatic rings. The van der Waals surface area contributed by atoms with Gasteiger partial charge in [0.15, 0.2) is 0 Å². The number of thioether (sulfide) groups is 1. The summed E-state index contributed by atoms with van der Waals surface area (Å²) in [5, 5.41) is 10.0. The van der Waals surface area contributed by atoms with Crippen LogP contribution in [0.5, 0.6) is 0 Å². The quantitative estimate of drug-likeness (QED) is 0.793. The number of nitrogens with zero attached hydrogens (tertiary/aromatic N) is 2. The Morgan fingerprint density at radius 2 is 2.40 bits per heavy atom. The number of hydrogen-bond donors (Lipinski definition) is 1.